The second-order valence-electron chi connectivity index (χ2n) is 3.99. The van der Waals surface area contributed by atoms with Crippen molar-refractivity contribution in [2.45, 2.75) is 19.9 Å². The van der Waals surface area contributed by atoms with Gasteiger partial charge in [-0.1, -0.05) is 0 Å². The maximum Gasteiger partial charge on any atom is 0.335 e. The zero-order valence-corrected chi connectivity index (χ0v) is 9.73. The van der Waals surface area contributed by atoms with Gasteiger partial charge in [-0.25, -0.2) is 4.79 Å². The third kappa shape index (κ3) is 1.84. The molecule has 2 N–H and O–H groups in total. The molecule has 0 radical (unpaired) electrons. The van der Waals surface area contributed by atoms with E-state index in [4.69, 9.17) is 5.11 Å². The van der Waals surface area contributed by atoms with Gasteiger partial charge in [0.1, 0.15) is 6.04 Å². The molecule has 2 rings (SSSR count). The Hall–Kier alpha value is -2.04. The van der Waals surface area contributed by atoms with Crippen LogP contribution in [0.25, 0.3) is 0 Å². The van der Waals surface area contributed by atoms with Crippen molar-refractivity contribution in [3.8, 4) is 0 Å². The number of amides is 1. The number of fused-ring (bicyclic) bond motifs is 1. The predicted molar refractivity (Wildman–Crippen MR) is 64.5 cm³/mol. The number of carbonyl (C=O) groups is 2. The molecule has 1 atom stereocenters. The van der Waals surface area contributed by atoms with Crippen LogP contribution >= 0.6 is 0 Å². The van der Waals surface area contributed by atoms with Gasteiger partial charge in [0.15, 0.2) is 0 Å². The van der Waals surface area contributed by atoms with E-state index in [9.17, 15) is 9.59 Å². The fraction of sp³-hybridized carbons (Fsp3) is 0.333. The molecule has 1 heterocycles. The molecule has 0 spiro atoms. The summed E-state index contributed by atoms with van der Waals surface area (Å²) in [5.41, 5.74) is 1.61. The van der Waals surface area contributed by atoms with E-state index in [1.54, 1.807) is 12.1 Å². The average molecular weight is 234 g/mol. The first kappa shape index (κ1) is 11.4. The highest BCUT2D eigenvalue weighted by atomic mass is 16.4. The summed E-state index contributed by atoms with van der Waals surface area (Å²) in [4.78, 5) is 24.5. The van der Waals surface area contributed by atoms with Crippen molar-refractivity contribution < 1.29 is 14.7 Å². The Bertz CT molecular complexity index is 485. The molecule has 0 aliphatic carbocycles. The third-order valence-electron chi connectivity index (χ3n) is 3.00. The summed E-state index contributed by atoms with van der Waals surface area (Å²) < 4.78 is 0. The second kappa shape index (κ2) is 4.08. The van der Waals surface area contributed by atoms with Crippen LogP contribution in [-0.2, 0) is 4.79 Å². The quantitative estimate of drug-likeness (QED) is 0.814. The number of carbonyl (C=O) groups excluding carboxylic acids is 1. The molecular formula is C12H14N2O3. The van der Waals surface area contributed by atoms with Gasteiger partial charge in [0.2, 0.25) is 5.91 Å². The first-order valence-electron chi connectivity index (χ1n) is 5.49. The molecule has 0 fully saturated rings. The number of nitrogens with zero attached hydrogens (tertiary/aromatic N) is 1. The molecular weight excluding hydrogens is 220 g/mol. The first-order valence-corrected chi connectivity index (χ1v) is 5.49. The fourth-order valence-electron chi connectivity index (χ4n) is 2.05. The first-order chi connectivity index (χ1) is 8.04. The number of nitrogens with one attached hydrogen (secondary N) is 1. The van der Waals surface area contributed by atoms with Crippen molar-refractivity contribution in [2.24, 2.45) is 0 Å². The smallest absolute Gasteiger partial charge is 0.335 e. The summed E-state index contributed by atoms with van der Waals surface area (Å²) in [6.07, 6.45) is 0. The molecule has 1 aliphatic rings. The second-order valence-corrected chi connectivity index (χ2v) is 3.99. The van der Waals surface area contributed by atoms with Crippen LogP contribution in [0.1, 0.15) is 24.2 Å². The van der Waals surface area contributed by atoms with Gasteiger partial charge >= 0.3 is 5.97 Å². The van der Waals surface area contributed by atoms with Crippen molar-refractivity contribution in [3.05, 3.63) is 23.8 Å². The number of carboxylic acid groups (broad SMARTS) is 1. The molecule has 0 saturated heterocycles. The topological polar surface area (TPSA) is 69.6 Å². The SMILES string of the molecule is CCN1c2ccc(C(=O)O)cc2NC(=O)C1C. The molecule has 90 valence electrons. The minimum absolute atomic E-state index is 0.109. The van der Waals surface area contributed by atoms with E-state index >= 15 is 0 Å². The summed E-state index contributed by atoms with van der Waals surface area (Å²) >= 11 is 0. The maximum atomic E-state index is 11.7. The van der Waals surface area contributed by atoms with E-state index in [1.807, 2.05) is 18.7 Å². The summed E-state index contributed by atoms with van der Waals surface area (Å²) in [5, 5.41) is 11.6. The lowest BCUT2D eigenvalue weighted by Gasteiger charge is -2.35. The van der Waals surface area contributed by atoms with Crippen LogP contribution in [0.2, 0.25) is 0 Å². The highest BCUT2D eigenvalue weighted by Crippen LogP contribution is 2.32. The monoisotopic (exact) mass is 234 g/mol. The van der Waals surface area contributed by atoms with Gasteiger partial charge in [-0.05, 0) is 32.0 Å². The Kier molecular flexibility index (Phi) is 2.75. The normalized spacial score (nSPS) is 18.6. The van der Waals surface area contributed by atoms with Crippen LogP contribution in [0.4, 0.5) is 11.4 Å². The predicted octanol–water partition coefficient (Wildman–Crippen LogP) is 1.55. The van der Waals surface area contributed by atoms with E-state index in [0.717, 1.165) is 5.69 Å². The standard InChI is InChI=1S/C12H14N2O3/c1-3-14-7(2)11(15)13-9-6-8(12(16)17)4-5-10(9)14/h4-7H,3H2,1-2H3,(H,13,15)(H,16,17). The summed E-state index contributed by atoms with van der Waals surface area (Å²) in [5.74, 6) is -1.11. The van der Waals surface area contributed by atoms with Crippen LogP contribution in [0.3, 0.4) is 0 Å². The van der Waals surface area contributed by atoms with Crippen molar-refractivity contribution in [3.63, 3.8) is 0 Å². The number of hydrogen-bond acceptors (Lipinski definition) is 3. The van der Waals surface area contributed by atoms with Crippen LogP contribution < -0.4 is 10.2 Å². The Morgan fingerprint density at radius 3 is 2.82 bits per heavy atom. The van der Waals surface area contributed by atoms with E-state index in [-0.39, 0.29) is 17.5 Å². The molecule has 17 heavy (non-hydrogen) atoms. The molecule has 1 amide bonds. The van der Waals surface area contributed by atoms with Crippen molar-refractivity contribution in [2.75, 3.05) is 16.8 Å². The molecule has 5 heteroatoms. The molecule has 1 unspecified atom stereocenters. The number of hydrogen-bond donors (Lipinski definition) is 2. The fourth-order valence-corrected chi connectivity index (χ4v) is 2.05. The highest BCUT2D eigenvalue weighted by Gasteiger charge is 2.28. The number of rotatable bonds is 2. The van der Waals surface area contributed by atoms with Gasteiger partial charge in [0, 0.05) is 6.54 Å². The van der Waals surface area contributed by atoms with Gasteiger partial charge < -0.3 is 15.3 Å². The number of anilines is 2. The number of likely N-dealkylation sites (N-methyl/N-ethyl adjacent to an activating group) is 1. The lowest BCUT2D eigenvalue weighted by molar-refractivity contribution is -0.117. The number of aromatic carboxylic acids is 1. The molecule has 0 aromatic heterocycles. The van der Waals surface area contributed by atoms with Crippen molar-refractivity contribution >= 4 is 23.3 Å². The average Bonchev–Trinajstić information content (AvgIpc) is 2.30. The molecule has 1 aliphatic heterocycles. The van der Waals surface area contributed by atoms with Gasteiger partial charge in [0.05, 0.1) is 16.9 Å². The zero-order valence-electron chi connectivity index (χ0n) is 9.73. The summed E-state index contributed by atoms with van der Waals surface area (Å²) in [6, 6.07) is 4.54. The maximum absolute atomic E-state index is 11.7. The molecule has 0 bridgehead atoms. The van der Waals surface area contributed by atoms with Crippen LogP contribution in [-0.4, -0.2) is 29.6 Å². The lowest BCUT2D eigenvalue weighted by Crippen LogP contribution is -2.46. The van der Waals surface area contributed by atoms with Crippen molar-refractivity contribution in [1.29, 1.82) is 0 Å². The Morgan fingerprint density at radius 1 is 1.53 bits per heavy atom. The van der Waals surface area contributed by atoms with Gasteiger partial charge in [-0.15, -0.1) is 0 Å². The van der Waals surface area contributed by atoms with E-state index in [1.165, 1.54) is 6.07 Å². The molecule has 1 aromatic rings. The lowest BCUT2D eigenvalue weighted by atomic mass is 10.1. The Labute approximate surface area is 99.0 Å². The Balaban J connectivity index is 2.49. The summed E-state index contributed by atoms with van der Waals surface area (Å²) in [7, 11) is 0. The third-order valence-corrected chi connectivity index (χ3v) is 3.00. The van der Waals surface area contributed by atoms with E-state index in [2.05, 4.69) is 5.32 Å². The van der Waals surface area contributed by atoms with Gasteiger partial charge in [0.25, 0.3) is 0 Å². The van der Waals surface area contributed by atoms with Crippen LogP contribution in [0, 0.1) is 0 Å². The molecule has 1 aromatic carbocycles. The van der Waals surface area contributed by atoms with Gasteiger partial charge in [-0.3, -0.25) is 4.79 Å². The minimum Gasteiger partial charge on any atom is -0.478 e. The largest absolute Gasteiger partial charge is 0.478 e. The van der Waals surface area contributed by atoms with Crippen LogP contribution in [0.5, 0.6) is 0 Å². The van der Waals surface area contributed by atoms with E-state index in [0.29, 0.717) is 12.2 Å². The van der Waals surface area contributed by atoms with Crippen LogP contribution in [0.15, 0.2) is 18.2 Å². The highest BCUT2D eigenvalue weighted by molar-refractivity contribution is 6.04. The molecule has 5 nitrogen and oxygen atoms in total. The van der Waals surface area contributed by atoms with Gasteiger partial charge in [-0.2, -0.15) is 0 Å². The van der Waals surface area contributed by atoms with Crippen molar-refractivity contribution in [1.82, 2.24) is 0 Å². The Morgan fingerprint density at radius 2 is 2.24 bits per heavy atom. The van der Waals surface area contributed by atoms with E-state index < -0.39 is 5.97 Å². The molecule has 0 saturated carbocycles. The zero-order chi connectivity index (χ0) is 12.6. The summed E-state index contributed by atoms with van der Waals surface area (Å²) in [6.45, 7) is 4.49. The number of carboxylic acids is 1. The minimum atomic E-state index is -0.997. The number of benzene rings is 1.